The van der Waals surface area contributed by atoms with Crippen LogP contribution in [0.25, 0.3) is 11.3 Å². The number of amides is 1. The summed E-state index contributed by atoms with van der Waals surface area (Å²) in [7, 11) is 1.48. The largest absolute Gasteiger partial charge is 0.455 e. The minimum atomic E-state index is -0.540. The maximum absolute atomic E-state index is 12.5. The molecule has 0 aliphatic rings. The summed E-state index contributed by atoms with van der Waals surface area (Å²) in [5, 5.41) is 13.1. The molecule has 1 N–H and O–H groups in total. The summed E-state index contributed by atoms with van der Waals surface area (Å²) in [5.74, 6) is 0.651. The topological polar surface area (TPSA) is 110 Å². The average Bonchev–Trinajstić information content (AvgIpc) is 3.21. The summed E-state index contributed by atoms with van der Waals surface area (Å²) >= 11 is 0. The van der Waals surface area contributed by atoms with Crippen LogP contribution >= 0.6 is 0 Å². The summed E-state index contributed by atoms with van der Waals surface area (Å²) in [6.07, 6.45) is 1.38. The van der Waals surface area contributed by atoms with Gasteiger partial charge in [0.15, 0.2) is 0 Å². The van der Waals surface area contributed by atoms with Gasteiger partial charge in [-0.1, -0.05) is 30.3 Å². The normalized spacial score (nSPS) is 10.8. The Balaban J connectivity index is 1.67. The minimum absolute atomic E-state index is 0.0391. The zero-order chi connectivity index (χ0) is 21.5. The molecule has 2 heterocycles. The van der Waals surface area contributed by atoms with Crippen LogP contribution < -0.4 is 11.0 Å². The van der Waals surface area contributed by atoms with Gasteiger partial charge in [0.1, 0.15) is 29.7 Å². The lowest BCUT2D eigenvalue weighted by Gasteiger charge is -2.12. The second-order valence-electron chi connectivity index (χ2n) is 6.48. The lowest BCUT2D eigenvalue weighted by Crippen LogP contribution is -2.33. The van der Waals surface area contributed by atoms with E-state index in [1.54, 1.807) is 19.1 Å². The molecule has 3 rings (SSSR count). The van der Waals surface area contributed by atoms with Crippen LogP contribution in [0, 0.1) is 18.3 Å². The summed E-state index contributed by atoms with van der Waals surface area (Å²) in [4.78, 5) is 24.8. The lowest BCUT2D eigenvalue weighted by molar-refractivity contribution is -0.121. The van der Waals surface area contributed by atoms with E-state index in [0.29, 0.717) is 22.8 Å². The number of rotatable bonds is 7. The molecule has 2 aromatic heterocycles. The van der Waals surface area contributed by atoms with E-state index in [9.17, 15) is 14.9 Å². The number of nitrogens with zero attached hydrogens (tertiary/aromatic N) is 3. The molecule has 0 saturated heterocycles. The molecule has 0 saturated carbocycles. The van der Waals surface area contributed by atoms with E-state index in [0.717, 1.165) is 5.56 Å². The number of benzene rings is 1. The third kappa shape index (κ3) is 4.71. The van der Waals surface area contributed by atoms with E-state index in [2.05, 4.69) is 10.5 Å². The zero-order valence-electron chi connectivity index (χ0n) is 16.6. The van der Waals surface area contributed by atoms with E-state index < -0.39 is 11.5 Å². The molecule has 30 heavy (non-hydrogen) atoms. The number of nitriles is 1. The highest BCUT2D eigenvalue weighted by atomic mass is 16.5. The molecule has 3 aromatic rings. The first-order chi connectivity index (χ1) is 14.5. The number of carbonyl (C=O) groups is 1. The molecule has 1 aromatic carbocycles. The summed E-state index contributed by atoms with van der Waals surface area (Å²) in [6, 6.07) is 16.7. The maximum atomic E-state index is 12.5. The number of hydrogen-bond donors (Lipinski definition) is 1. The number of aryl methyl sites for hydroxylation is 1. The molecular formula is C22H20N4O4. The zero-order valence-corrected chi connectivity index (χ0v) is 16.6. The Kier molecular flexibility index (Phi) is 6.57. The number of nitrogens with one attached hydrogen (secondary N) is 1. The molecular weight excluding hydrogens is 384 g/mol. The van der Waals surface area contributed by atoms with Gasteiger partial charge in [-0.05, 0) is 25.1 Å². The van der Waals surface area contributed by atoms with Crippen LogP contribution in [0.4, 0.5) is 0 Å². The number of furan rings is 1. The number of hydrogen-bond acceptors (Lipinski definition) is 6. The van der Waals surface area contributed by atoms with Crippen molar-refractivity contribution in [2.45, 2.75) is 20.1 Å². The SMILES string of the molecule is COCc1cc(C)n(CC(=O)N/N=C\c2ccc(-c3ccccc3)o2)c(=O)c1C#N. The van der Waals surface area contributed by atoms with Gasteiger partial charge >= 0.3 is 0 Å². The van der Waals surface area contributed by atoms with Gasteiger partial charge in [-0.25, -0.2) is 5.43 Å². The second-order valence-corrected chi connectivity index (χ2v) is 6.48. The Morgan fingerprint density at radius 1 is 1.30 bits per heavy atom. The smallest absolute Gasteiger partial charge is 0.269 e. The van der Waals surface area contributed by atoms with Crippen LogP contribution in [0.2, 0.25) is 0 Å². The first-order valence-electron chi connectivity index (χ1n) is 9.13. The summed E-state index contributed by atoms with van der Waals surface area (Å²) in [6.45, 7) is 1.56. The standard InChI is InChI=1S/C22H20N4O4/c1-15-10-17(14-29-2)19(11-23)22(28)26(15)13-21(27)25-24-12-18-8-9-20(30-18)16-6-4-3-5-7-16/h3-10,12H,13-14H2,1-2H3,(H,25,27)/b24-12-. The van der Waals surface area contributed by atoms with Crippen molar-refractivity contribution in [1.82, 2.24) is 9.99 Å². The van der Waals surface area contributed by atoms with Gasteiger partial charge in [0.2, 0.25) is 0 Å². The van der Waals surface area contributed by atoms with Crippen molar-refractivity contribution >= 4 is 12.1 Å². The summed E-state index contributed by atoms with van der Waals surface area (Å²) < 4.78 is 11.9. The quantitative estimate of drug-likeness (QED) is 0.481. The highest BCUT2D eigenvalue weighted by Crippen LogP contribution is 2.20. The molecule has 0 aliphatic carbocycles. The maximum Gasteiger partial charge on any atom is 0.269 e. The average molecular weight is 404 g/mol. The molecule has 0 atom stereocenters. The molecule has 0 radical (unpaired) electrons. The van der Waals surface area contributed by atoms with Gasteiger partial charge in [0, 0.05) is 23.9 Å². The molecule has 1 amide bonds. The number of pyridine rings is 1. The number of aromatic nitrogens is 1. The van der Waals surface area contributed by atoms with E-state index in [-0.39, 0.29) is 18.7 Å². The summed E-state index contributed by atoms with van der Waals surface area (Å²) in [5.41, 5.74) is 3.75. The highest BCUT2D eigenvalue weighted by Gasteiger charge is 2.14. The van der Waals surface area contributed by atoms with Crippen LogP contribution in [0.15, 0.2) is 62.8 Å². The van der Waals surface area contributed by atoms with Crippen LogP contribution in [0.3, 0.4) is 0 Å². The van der Waals surface area contributed by atoms with Gasteiger partial charge in [0.05, 0.1) is 12.8 Å². The Bertz CT molecular complexity index is 1170. The predicted octanol–water partition coefficient (Wildman–Crippen LogP) is 2.59. The molecule has 0 fully saturated rings. The van der Waals surface area contributed by atoms with Gasteiger partial charge in [0.25, 0.3) is 11.5 Å². The van der Waals surface area contributed by atoms with Gasteiger partial charge < -0.3 is 13.7 Å². The van der Waals surface area contributed by atoms with Crippen LogP contribution in [0.5, 0.6) is 0 Å². The van der Waals surface area contributed by atoms with E-state index >= 15 is 0 Å². The molecule has 8 nitrogen and oxygen atoms in total. The fraction of sp³-hybridized carbons (Fsp3) is 0.182. The molecule has 0 aliphatic heterocycles. The Morgan fingerprint density at radius 3 is 2.77 bits per heavy atom. The first kappa shape index (κ1) is 20.8. The fourth-order valence-corrected chi connectivity index (χ4v) is 2.95. The van der Waals surface area contributed by atoms with Crippen LogP contribution in [-0.2, 0) is 22.7 Å². The lowest BCUT2D eigenvalue weighted by atomic mass is 10.1. The number of carbonyl (C=O) groups excluding carboxylic acids is 1. The third-order valence-electron chi connectivity index (χ3n) is 4.37. The molecule has 0 spiro atoms. The van der Waals surface area contributed by atoms with Crippen molar-refractivity contribution in [1.29, 1.82) is 5.26 Å². The van der Waals surface area contributed by atoms with Crippen LogP contribution in [0.1, 0.15) is 22.6 Å². The minimum Gasteiger partial charge on any atom is -0.455 e. The van der Waals surface area contributed by atoms with E-state index in [4.69, 9.17) is 9.15 Å². The fourth-order valence-electron chi connectivity index (χ4n) is 2.95. The van der Waals surface area contributed by atoms with Crippen molar-refractivity contribution < 1.29 is 13.9 Å². The number of ether oxygens (including phenoxy) is 1. The van der Waals surface area contributed by atoms with Crippen molar-refractivity contribution in [2.24, 2.45) is 5.10 Å². The second kappa shape index (κ2) is 9.49. The van der Waals surface area contributed by atoms with Crippen molar-refractivity contribution in [3.8, 4) is 17.4 Å². The van der Waals surface area contributed by atoms with Crippen LogP contribution in [-0.4, -0.2) is 23.8 Å². The number of hydrazone groups is 1. The Hall–Kier alpha value is -3.96. The predicted molar refractivity (Wildman–Crippen MR) is 111 cm³/mol. The van der Waals surface area contributed by atoms with Gasteiger partial charge in [-0.3, -0.25) is 9.59 Å². The third-order valence-corrected chi connectivity index (χ3v) is 4.37. The molecule has 0 bridgehead atoms. The van der Waals surface area contributed by atoms with Gasteiger partial charge in [-0.2, -0.15) is 10.4 Å². The van der Waals surface area contributed by atoms with Crippen molar-refractivity contribution in [3.05, 3.63) is 81.5 Å². The Labute approximate surface area is 173 Å². The first-order valence-corrected chi connectivity index (χ1v) is 9.13. The van der Waals surface area contributed by atoms with Crippen molar-refractivity contribution in [2.75, 3.05) is 7.11 Å². The monoisotopic (exact) mass is 404 g/mol. The molecule has 8 heteroatoms. The highest BCUT2D eigenvalue weighted by molar-refractivity contribution is 5.81. The number of methoxy groups -OCH3 is 1. The van der Waals surface area contributed by atoms with E-state index in [1.165, 1.54) is 17.9 Å². The molecule has 152 valence electrons. The van der Waals surface area contributed by atoms with E-state index in [1.807, 2.05) is 42.5 Å². The molecule has 0 unspecified atom stereocenters. The Morgan fingerprint density at radius 2 is 2.07 bits per heavy atom. The van der Waals surface area contributed by atoms with Crippen molar-refractivity contribution in [3.63, 3.8) is 0 Å². The van der Waals surface area contributed by atoms with Gasteiger partial charge in [-0.15, -0.1) is 0 Å².